The van der Waals surface area contributed by atoms with Gasteiger partial charge >= 0.3 is 5.63 Å². The standard InChI is InChI=1S/C19H21N5O3/c1-12-8-15(13-4-2-5-20-9-13)27-18(26)16(12)17(25)22-10-14-11-24-7-3-6-21-19(24)23-14/h3,6-8,11,13,20H,2,4-5,9-10H2,1H3,(H,22,25). The van der Waals surface area contributed by atoms with Gasteiger partial charge in [0.15, 0.2) is 0 Å². The molecule has 1 saturated heterocycles. The zero-order valence-electron chi connectivity index (χ0n) is 15.1. The molecule has 0 saturated carbocycles. The lowest BCUT2D eigenvalue weighted by molar-refractivity contribution is 0.0945. The Morgan fingerprint density at radius 1 is 1.48 bits per heavy atom. The van der Waals surface area contributed by atoms with E-state index in [0.29, 0.717) is 22.8 Å². The van der Waals surface area contributed by atoms with Gasteiger partial charge in [-0.15, -0.1) is 0 Å². The lowest BCUT2D eigenvalue weighted by atomic mass is 9.95. The largest absolute Gasteiger partial charge is 0.427 e. The highest BCUT2D eigenvalue weighted by atomic mass is 16.4. The van der Waals surface area contributed by atoms with Crippen molar-refractivity contribution in [2.75, 3.05) is 13.1 Å². The van der Waals surface area contributed by atoms with E-state index >= 15 is 0 Å². The maximum atomic E-state index is 12.5. The van der Waals surface area contributed by atoms with Gasteiger partial charge in [-0.3, -0.25) is 9.20 Å². The molecule has 0 aromatic carbocycles. The number of carbonyl (C=O) groups excluding carboxylic acids is 1. The second-order valence-electron chi connectivity index (χ2n) is 6.78. The fraction of sp³-hybridized carbons (Fsp3) is 0.368. The molecule has 4 heterocycles. The van der Waals surface area contributed by atoms with E-state index in [2.05, 4.69) is 20.6 Å². The highest BCUT2D eigenvalue weighted by Gasteiger charge is 2.22. The van der Waals surface area contributed by atoms with Gasteiger partial charge in [0.2, 0.25) is 5.78 Å². The average molecular weight is 367 g/mol. The molecule has 0 bridgehead atoms. The molecule has 1 aliphatic rings. The fourth-order valence-corrected chi connectivity index (χ4v) is 3.43. The molecule has 8 nitrogen and oxygen atoms in total. The van der Waals surface area contributed by atoms with Crippen LogP contribution < -0.4 is 16.3 Å². The molecule has 0 spiro atoms. The Bertz CT molecular complexity index is 1000. The van der Waals surface area contributed by atoms with Gasteiger partial charge in [0.25, 0.3) is 5.91 Å². The third-order valence-electron chi connectivity index (χ3n) is 4.81. The topological polar surface area (TPSA) is 102 Å². The number of imidazole rings is 1. The summed E-state index contributed by atoms with van der Waals surface area (Å²) in [7, 11) is 0. The molecule has 1 fully saturated rings. The maximum Gasteiger partial charge on any atom is 0.349 e. The number of piperidine rings is 1. The van der Waals surface area contributed by atoms with Crippen LogP contribution in [0.15, 0.2) is 39.9 Å². The van der Waals surface area contributed by atoms with Gasteiger partial charge in [-0.2, -0.15) is 0 Å². The van der Waals surface area contributed by atoms with E-state index in [4.69, 9.17) is 4.42 Å². The average Bonchev–Trinajstić information content (AvgIpc) is 3.09. The lowest BCUT2D eigenvalue weighted by Crippen LogP contribution is -2.31. The van der Waals surface area contributed by atoms with Crippen molar-refractivity contribution in [1.82, 2.24) is 25.0 Å². The van der Waals surface area contributed by atoms with Crippen LogP contribution in [0.1, 0.15) is 46.1 Å². The summed E-state index contributed by atoms with van der Waals surface area (Å²) < 4.78 is 7.24. The predicted octanol–water partition coefficient (Wildman–Crippen LogP) is 1.39. The first-order valence-corrected chi connectivity index (χ1v) is 9.04. The summed E-state index contributed by atoms with van der Waals surface area (Å²) in [4.78, 5) is 33.4. The van der Waals surface area contributed by atoms with Crippen molar-refractivity contribution in [2.24, 2.45) is 0 Å². The number of fused-ring (bicyclic) bond motifs is 1. The quantitative estimate of drug-likeness (QED) is 0.723. The van der Waals surface area contributed by atoms with E-state index < -0.39 is 11.5 Å². The van der Waals surface area contributed by atoms with E-state index in [9.17, 15) is 9.59 Å². The van der Waals surface area contributed by atoms with Gasteiger partial charge in [0, 0.05) is 31.1 Å². The van der Waals surface area contributed by atoms with Gasteiger partial charge in [0.1, 0.15) is 11.3 Å². The minimum atomic E-state index is -0.593. The molecule has 27 heavy (non-hydrogen) atoms. The minimum Gasteiger partial charge on any atom is -0.427 e. The molecular formula is C19H21N5O3. The summed E-state index contributed by atoms with van der Waals surface area (Å²) >= 11 is 0. The summed E-state index contributed by atoms with van der Waals surface area (Å²) in [5.74, 6) is 0.919. The normalized spacial score (nSPS) is 17.1. The van der Waals surface area contributed by atoms with E-state index in [1.165, 1.54) is 0 Å². The van der Waals surface area contributed by atoms with Crippen molar-refractivity contribution >= 4 is 11.7 Å². The number of carbonyl (C=O) groups is 1. The molecule has 8 heteroatoms. The Balaban J connectivity index is 1.50. The van der Waals surface area contributed by atoms with Crippen LogP contribution in [-0.4, -0.2) is 33.4 Å². The Labute approximate surface area is 155 Å². The summed E-state index contributed by atoms with van der Waals surface area (Å²) in [6, 6.07) is 3.61. The van der Waals surface area contributed by atoms with Crippen LogP contribution in [0.4, 0.5) is 0 Å². The first kappa shape index (κ1) is 17.4. The number of aryl methyl sites for hydroxylation is 1. The Kier molecular flexibility index (Phi) is 4.72. The third kappa shape index (κ3) is 3.61. The molecule has 140 valence electrons. The van der Waals surface area contributed by atoms with Crippen molar-refractivity contribution in [1.29, 1.82) is 0 Å². The van der Waals surface area contributed by atoms with Crippen molar-refractivity contribution in [3.8, 4) is 0 Å². The number of hydrogen-bond donors (Lipinski definition) is 2. The number of amides is 1. The number of aromatic nitrogens is 3. The molecule has 3 aromatic heterocycles. The molecule has 1 atom stereocenters. The molecule has 3 aromatic rings. The smallest absolute Gasteiger partial charge is 0.349 e. The molecular weight excluding hydrogens is 346 g/mol. The van der Waals surface area contributed by atoms with Crippen LogP contribution in [0.3, 0.4) is 0 Å². The molecule has 1 amide bonds. The van der Waals surface area contributed by atoms with Gasteiger partial charge in [-0.05, 0) is 44.0 Å². The van der Waals surface area contributed by atoms with Crippen LogP contribution in [-0.2, 0) is 6.54 Å². The zero-order valence-corrected chi connectivity index (χ0v) is 15.1. The molecule has 1 unspecified atom stereocenters. The third-order valence-corrected chi connectivity index (χ3v) is 4.81. The SMILES string of the molecule is Cc1cc(C2CCCNC2)oc(=O)c1C(=O)NCc1cn2cccnc2n1. The molecule has 1 aliphatic heterocycles. The summed E-state index contributed by atoms with van der Waals surface area (Å²) in [5.41, 5.74) is 0.740. The molecule has 4 rings (SSSR count). The number of nitrogens with one attached hydrogen (secondary N) is 2. The van der Waals surface area contributed by atoms with Crippen LogP contribution in [0.5, 0.6) is 0 Å². The van der Waals surface area contributed by atoms with E-state index in [0.717, 1.165) is 25.9 Å². The van der Waals surface area contributed by atoms with Crippen LogP contribution in [0, 0.1) is 6.92 Å². The predicted molar refractivity (Wildman–Crippen MR) is 98.7 cm³/mol. The van der Waals surface area contributed by atoms with Crippen molar-refractivity contribution < 1.29 is 9.21 Å². The van der Waals surface area contributed by atoms with E-state index in [1.54, 1.807) is 29.8 Å². The second-order valence-corrected chi connectivity index (χ2v) is 6.78. The van der Waals surface area contributed by atoms with Crippen LogP contribution >= 0.6 is 0 Å². The first-order valence-electron chi connectivity index (χ1n) is 9.04. The summed E-state index contributed by atoms with van der Waals surface area (Å²) in [6.07, 6.45) is 7.30. The maximum absolute atomic E-state index is 12.5. The van der Waals surface area contributed by atoms with Crippen molar-refractivity contribution in [3.05, 3.63) is 63.7 Å². The highest BCUT2D eigenvalue weighted by molar-refractivity contribution is 5.95. The molecule has 0 radical (unpaired) electrons. The van der Waals surface area contributed by atoms with Crippen LogP contribution in [0.25, 0.3) is 5.78 Å². The van der Waals surface area contributed by atoms with Crippen molar-refractivity contribution in [2.45, 2.75) is 32.2 Å². The number of hydrogen-bond acceptors (Lipinski definition) is 6. The first-order chi connectivity index (χ1) is 13.1. The number of nitrogens with zero attached hydrogens (tertiary/aromatic N) is 3. The Hall–Kier alpha value is -3.00. The van der Waals surface area contributed by atoms with Crippen LogP contribution in [0.2, 0.25) is 0 Å². The highest BCUT2D eigenvalue weighted by Crippen LogP contribution is 2.23. The Morgan fingerprint density at radius 2 is 2.37 bits per heavy atom. The lowest BCUT2D eigenvalue weighted by Gasteiger charge is -2.22. The monoisotopic (exact) mass is 367 g/mol. The van der Waals surface area contributed by atoms with Gasteiger partial charge in [0.05, 0.1) is 12.2 Å². The zero-order chi connectivity index (χ0) is 18.8. The minimum absolute atomic E-state index is 0.0457. The van der Waals surface area contributed by atoms with E-state index in [-0.39, 0.29) is 18.0 Å². The van der Waals surface area contributed by atoms with Gasteiger partial charge in [-0.1, -0.05) is 0 Å². The van der Waals surface area contributed by atoms with Gasteiger partial charge < -0.3 is 15.1 Å². The Morgan fingerprint density at radius 3 is 3.11 bits per heavy atom. The molecule has 0 aliphatic carbocycles. The van der Waals surface area contributed by atoms with Crippen molar-refractivity contribution in [3.63, 3.8) is 0 Å². The summed E-state index contributed by atoms with van der Waals surface area (Å²) in [6.45, 7) is 3.74. The molecule has 2 N–H and O–H groups in total. The summed E-state index contributed by atoms with van der Waals surface area (Å²) in [5, 5.41) is 6.05. The number of rotatable bonds is 4. The second kappa shape index (κ2) is 7.32. The fourth-order valence-electron chi connectivity index (χ4n) is 3.43. The van der Waals surface area contributed by atoms with Gasteiger partial charge in [-0.25, -0.2) is 14.8 Å². The van der Waals surface area contributed by atoms with E-state index in [1.807, 2.05) is 12.3 Å².